The van der Waals surface area contributed by atoms with Gasteiger partial charge in [-0.2, -0.15) is 0 Å². The first-order chi connectivity index (χ1) is 12.2. The topological polar surface area (TPSA) is 47.0 Å². The zero-order valence-corrected chi connectivity index (χ0v) is 16.3. The van der Waals surface area contributed by atoms with Gasteiger partial charge in [0, 0.05) is 0 Å². The van der Waals surface area contributed by atoms with Crippen LogP contribution in [0.3, 0.4) is 0 Å². The van der Waals surface area contributed by atoms with Gasteiger partial charge in [0.1, 0.15) is 6.54 Å². The van der Waals surface area contributed by atoms with Crippen molar-refractivity contribution >= 4 is 45.3 Å². The van der Waals surface area contributed by atoms with Crippen molar-refractivity contribution in [2.24, 2.45) is 0 Å². The molecule has 134 valence electrons. The zero-order chi connectivity index (χ0) is 17.7. The van der Waals surface area contributed by atoms with Crippen LogP contribution in [0.15, 0.2) is 28.6 Å². The van der Waals surface area contributed by atoms with E-state index in [1.165, 1.54) is 37.6 Å². The van der Waals surface area contributed by atoms with Crippen LogP contribution in [0, 0.1) is 0 Å². The maximum absolute atomic E-state index is 12.6. The summed E-state index contributed by atoms with van der Waals surface area (Å²) in [7, 11) is 0. The van der Waals surface area contributed by atoms with Crippen LogP contribution in [0.1, 0.15) is 58.3 Å². The average Bonchev–Trinajstić information content (AvgIpc) is 3.14. The van der Waals surface area contributed by atoms with Crippen molar-refractivity contribution in [2.45, 2.75) is 62.6 Å². The van der Waals surface area contributed by atoms with Crippen LogP contribution >= 0.6 is 23.3 Å². The fourth-order valence-corrected chi connectivity index (χ4v) is 5.76. The molecule has 1 aromatic heterocycles. The highest BCUT2D eigenvalue weighted by atomic mass is 32.2. The molecule has 0 N–H and O–H groups in total. The number of nitrogens with zero attached hydrogens (tertiary/aromatic N) is 2. The number of hydrogen-bond donors (Lipinski definition) is 0. The van der Waals surface area contributed by atoms with Crippen LogP contribution < -0.4 is 0 Å². The molecule has 0 unspecified atom stereocenters. The Morgan fingerprint density at radius 3 is 2.44 bits per heavy atom. The molecule has 25 heavy (non-hydrogen) atoms. The van der Waals surface area contributed by atoms with Gasteiger partial charge in [-0.3, -0.25) is 0 Å². The molecule has 3 rings (SSSR count). The standard InChI is InChI=1S/C19H25N2O2S2/c1-2-3-4-5-6-9-14-21(17(22)12-13-18(21)23)25-19-20-15-10-7-8-11-16(15)24-19/h7-8,10-11H,2-6,9,12-14H2,1H3/q+1. The molecule has 1 aromatic carbocycles. The van der Waals surface area contributed by atoms with Crippen LogP contribution in [0.2, 0.25) is 0 Å². The number of benzene rings is 1. The number of fused-ring (bicyclic) bond motifs is 1. The lowest BCUT2D eigenvalue weighted by molar-refractivity contribution is -0.630. The SMILES string of the molecule is CCCCCCCC[N+]1(Sc2nc3ccccc3s2)C(=O)CCC1=O. The molecule has 0 radical (unpaired) electrons. The summed E-state index contributed by atoms with van der Waals surface area (Å²) in [6.07, 6.45) is 7.65. The van der Waals surface area contributed by atoms with Gasteiger partial charge in [0.15, 0.2) is 11.9 Å². The Kier molecular flexibility index (Phi) is 6.25. The molecule has 4 nitrogen and oxygen atoms in total. The van der Waals surface area contributed by atoms with Crippen molar-refractivity contribution in [3.05, 3.63) is 24.3 Å². The van der Waals surface area contributed by atoms with E-state index in [0.29, 0.717) is 19.4 Å². The van der Waals surface area contributed by atoms with Crippen molar-refractivity contribution in [3.63, 3.8) is 0 Å². The molecule has 2 amide bonds. The number of carbonyl (C=O) groups is 2. The van der Waals surface area contributed by atoms with Crippen molar-refractivity contribution in [2.75, 3.05) is 6.54 Å². The number of hydrogen-bond acceptors (Lipinski definition) is 5. The first-order valence-corrected chi connectivity index (χ1v) is 10.7. The van der Waals surface area contributed by atoms with E-state index in [4.69, 9.17) is 0 Å². The summed E-state index contributed by atoms with van der Waals surface area (Å²) in [5, 5.41) is 0. The van der Waals surface area contributed by atoms with Crippen LogP contribution in [0.25, 0.3) is 10.2 Å². The molecular weight excluding hydrogens is 352 g/mol. The Hall–Kier alpha value is -1.24. The Balaban J connectivity index is 1.71. The number of amides is 2. The minimum Gasteiger partial charge on any atom is -0.229 e. The lowest BCUT2D eigenvalue weighted by Crippen LogP contribution is -2.46. The summed E-state index contributed by atoms with van der Waals surface area (Å²) in [6.45, 7) is 2.81. The van der Waals surface area contributed by atoms with E-state index < -0.39 is 0 Å². The van der Waals surface area contributed by atoms with E-state index >= 15 is 0 Å². The minimum absolute atomic E-state index is 0.0443. The largest absolute Gasteiger partial charge is 0.333 e. The van der Waals surface area contributed by atoms with Gasteiger partial charge in [-0.1, -0.05) is 44.7 Å². The monoisotopic (exact) mass is 377 g/mol. The summed E-state index contributed by atoms with van der Waals surface area (Å²) in [5.74, 6) is 0.0885. The van der Waals surface area contributed by atoms with Gasteiger partial charge in [0.25, 0.3) is 0 Å². The van der Waals surface area contributed by atoms with E-state index in [-0.39, 0.29) is 15.7 Å². The summed E-state index contributed by atoms with van der Waals surface area (Å²) in [4.78, 5) is 29.8. The molecular formula is C19H25N2O2S2+. The van der Waals surface area contributed by atoms with Gasteiger partial charge in [-0.05, 0) is 25.0 Å². The van der Waals surface area contributed by atoms with E-state index in [2.05, 4.69) is 11.9 Å². The number of para-hydroxylation sites is 1. The second-order valence-electron chi connectivity index (χ2n) is 6.56. The highest BCUT2D eigenvalue weighted by Gasteiger charge is 2.52. The molecule has 0 bridgehead atoms. The Morgan fingerprint density at radius 1 is 1.04 bits per heavy atom. The van der Waals surface area contributed by atoms with Gasteiger partial charge in [0.2, 0.25) is 4.34 Å². The van der Waals surface area contributed by atoms with Gasteiger partial charge in [-0.25, -0.2) is 14.6 Å². The van der Waals surface area contributed by atoms with Crippen molar-refractivity contribution in [1.82, 2.24) is 4.98 Å². The van der Waals surface area contributed by atoms with Crippen molar-refractivity contribution in [3.8, 4) is 0 Å². The summed E-state index contributed by atoms with van der Waals surface area (Å²) in [6, 6.07) is 7.95. The van der Waals surface area contributed by atoms with Crippen molar-refractivity contribution in [1.29, 1.82) is 0 Å². The smallest absolute Gasteiger partial charge is 0.229 e. The van der Waals surface area contributed by atoms with Crippen molar-refractivity contribution < 1.29 is 13.5 Å². The quantitative estimate of drug-likeness (QED) is 0.256. The van der Waals surface area contributed by atoms with Crippen LogP contribution in [0.5, 0.6) is 0 Å². The Morgan fingerprint density at radius 2 is 1.72 bits per heavy atom. The fourth-order valence-electron chi connectivity index (χ4n) is 3.25. The third-order valence-electron chi connectivity index (χ3n) is 4.69. The Bertz CT molecular complexity index is 708. The molecule has 0 aliphatic carbocycles. The fraction of sp³-hybridized carbons (Fsp3) is 0.526. The molecule has 1 aliphatic heterocycles. The number of unbranched alkanes of at least 4 members (excludes halogenated alkanes) is 5. The van der Waals surface area contributed by atoms with Crippen LogP contribution in [-0.4, -0.2) is 27.2 Å². The number of rotatable bonds is 9. The van der Waals surface area contributed by atoms with Crippen LogP contribution in [-0.2, 0) is 9.59 Å². The number of carbonyl (C=O) groups excluding carboxylic acids is 2. The number of imide groups is 1. The number of thiazole rings is 1. The average molecular weight is 378 g/mol. The lowest BCUT2D eigenvalue weighted by atomic mass is 10.1. The number of quaternary nitrogens is 1. The highest BCUT2D eigenvalue weighted by molar-refractivity contribution is 7.96. The lowest BCUT2D eigenvalue weighted by Gasteiger charge is -2.24. The van der Waals surface area contributed by atoms with E-state index in [0.717, 1.165) is 27.4 Å². The molecule has 0 saturated carbocycles. The van der Waals surface area contributed by atoms with Gasteiger partial charge in [-0.15, -0.1) is 15.2 Å². The first kappa shape index (κ1) is 18.5. The highest BCUT2D eigenvalue weighted by Crippen LogP contribution is 2.41. The molecule has 0 atom stereocenters. The van der Waals surface area contributed by atoms with Crippen LogP contribution in [0.4, 0.5) is 0 Å². The molecule has 1 aliphatic rings. The predicted octanol–water partition coefficient (Wildman–Crippen LogP) is 5.33. The summed E-state index contributed by atoms with van der Waals surface area (Å²) in [5.41, 5.74) is 0.937. The predicted molar refractivity (Wildman–Crippen MR) is 103 cm³/mol. The number of likely N-dealkylation sites (tertiary alicyclic amines) is 1. The minimum atomic E-state index is -0.0897. The molecule has 1 saturated heterocycles. The Labute approximate surface area is 157 Å². The summed E-state index contributed by atoms with van der Waals surface area (Å²) < 4.78 is 1.82. The van der Waals surface area contributed by atoms with Gasteiger partial charge >= 0.3 is 11.8 Å². The maximum atomic E-state index is 12.6. The maximum Gasteiger partial charge on any atom is 0.333 e. The van der Waals surface area contributed by atoms with Gasteiger partial charge in [0.05, 0.1) is 23.1 Å². The second kappa shape index (κ2) is 8.43. The molecule has 6 heteroatoms. The summed E-state index contributed by atoms with van der Waals surface area (Å²) >= 11 is 2.92. The molecule has 0 spiro atoms. The normalized spacial score (nSPS) is 16.8. The molecule has 2 heterocycles. The third kappa shape index (κ3) is 4.13. The van der Waals surface area contributed by atoms with E-state index in [1.807, 2.05) is 24.3 Å². The second-order valence-corrected chi connectivity index (χ2v) is 9.04. The zero-order valence-electron chi connectivity index (χ0n) is 14.7. The number of aromatic nitrogens is 1. The third-order valence-corrected chi connectivity index (χ3v) is 7.15. The van der Waals surface area contributed by atoms with E-state index in [1.54, 1.807) is 11.3 Å². The van der Waals surface area contributed by atoms with E-state index in [9.17, 15) is 9.59 Å². The molecule has 2 aromatic rings. The first-order valence-electron chi connectivity index (χ1n) is 9.16. The van der Waals surface area contributed by atoms with Gasteiger partial charge < -0.3 is 0 Å². The molecule has 1 fully saturated rings.